The molecular formula is C28H29Cl4N3O4S. The summed E-state index contributed by atoms with van der Waals surface area (Å²) in [5, 5.41) is 3.95. The SMILES string of the molecule is CC(C)NC(=O)[C@H](Cc1ccccc1)N(Cc1ccc(Cl)cc1Cl)C(=O)CN(c1ccc(Cl)cc1Cl)S(C)(=O)=O. The van der Waals surface area contributed by atoms with Crippen molar-refractivity contribution in [3.8, 4) is 0 Å². The van der Waals surface area contributed by atoms with Gasteiger partial charge >= 0.3 is 0 Å². The second-order valence-corrected chi connectivity index (χ2v) is 13.1. The summed E-state index contributed by atoms with van der Waals surface area (Å²) in [7, 11) is -3.98. The van der Waals surface area contributed by atoms with Crippen LogP contribution in [0.5, 0.6) is 0 Å². The predicted octanol–water partition coefficient (Wildman–Crippen LogP) is 6.23. The third kappa shape index (κ3) is 8.75. The van der Waals surface area contributed by atoms with Crippen LogP contribution in [-0.2, 0) is 32.6 Å². The Balaban J connectivity index is 2.10. The number of hydrogen-bond acceptors (Lipinski definition) is 4. The number of rotatable bonds is 11. The molecule has 3 rings (SSSR count). The summed E-state index contributed by atoms with van der Waals surface area (Å²) in [5.74, 6) is -1.03. The average Bonchev–Trinajstić information content (AvgIpc) is 2.85. The number of anilines is 1. The Labute approximate surface area is 255 Å². The molecule has 40 heavy (non-hydrogen) atoms. The summed E-state index contributed by atoms with van der Waals surface area (Å²) in [6, 6.07) is 17.1. The van der Waals surface area contributed by atoms with Crippen molar-refractivity contribution in [2.45, 2.75) is 38.9 Å². The van der Waals surface area contributed by atoms with E-state index in [0.29, 0.717) is 20.6 Å². The van der Waals surface area contributed by atoms with Crippen molar-refractivity contribution < 1.29 is 18.0 Å². The number of nitrogens with one attached hydrogen (secondary N) is 1. The molecule has 3 aromatic carbocycles. The van der Waals surface area contributed by atoms with Gasteiger partial charge in [-0.3, -0.25) is 13.9 Å². The first kappa shape index (κ1) is 32.0. The highest BCUT2D eigenvalue weighted by molar-refractivity contribution is 7.92. The molecule has 3 aromatic rings. The molecular weight excluding hydrogens is 616 g/mol. The first-order valence-corrected chi connectivity index (χ1v) is 15.6. The Morgan fingerprint density at radius 1 is 0.875 bits per heavy atom. The minimum atomic E-state index is -3.98. The molecule has 0 aliphatic heterocycles. The normalized spacial score (nSPS) is 12.2. The van der Waals surface area contributed by atoms with Gasteiger partial charge in [0.1, 0.15) is 12.6 Å². The first-order chi connectivity index (χ1) is 18.8. The van der Waals surface area contributed by atoms with Gasteiger partial charge in [-0.05, 0) is 55.3 Å². The lowest BCUT2D eigenvalue weighted by Gasteiger charge is -2.34. The summed E-state index contributed by atoms with van der Waals surface area (Å²) in [4.78, 5) is 28.9. The summed E-state index contributed by atoms with van der Waals surface area (Å²) in [5.41, 5.74) is 1.43. The van der Waals surface area contributed by atoms with Crippen LogP contribution in [0.1, 0.15) is 25.0 Å². The number of hydrogen-bond donors (Lipinski definition) is 1. The van der Waals surface area contributed by atoms with E-state index in [-0.39, 0.29) is 29.7 Å². The van der Waals surface area contributed by atoms with E-state index >= 15 is 0 Å². The molecule has 7 nitrogen and oxygen atoms in total. The Morgan fingerprint density at radius 2 is 1.48 bits per heavy atom. The summed E-state index contributed by atoms with van der Waals surface area (Å²) in [6.45, 7) is 2.93. The molecule has 0 unspecified atom stereocenters. The Hall–Kier alpha value is -2.49. The molecule has 0 spiro atoms. The van der Waals surface area contributed by atoms with E-state index in [0.717, 1.165) is 16.1 Å². The molecule has 2 amide bonds. The highest BCUT2D eigenvalue weighted by atomic mass is 35.5. The number of carbonyl (C=O) groups excluding carboxylic acids is 2. The maximum absolute atomic E-state index is 14.1. The molecule has 0 heterocycles. The average molecular weight is 645 g/mol. The van der Waals surface area contributed by atoms with Gasteiger partial charge in [-0.15, -0.1) is 0 Å². The van der Waals surface area contributed by atoms with Crippen LogP contribution >= 0.6 is 46.4 Å². The van der Waals surface area contributed by atoms with Crippen molar-refractivity contribution >= 4 is 73.9 Å². The van der Waals surface area contributed by atoms with Crippen LogP contribution in [0.2, 0.25) is 20.1 Å². The lowest BCUT2D eigenvalue weighted by atomic mass is 10.0. The van der Waals surface area contributed by atoms with Gasteiger partial charge in [-0.25, -0.2) is 8.42 Å². The van der Waals surface area contributed by atoms with Gasteiger partial charge in [0.05, 0.1) is 17.0 Å². The number of sulfonamides is 1. The third-order valence-corrected chi connectivity index (χ3v) is 8.17. The van der Waals surface area contributed by atoms with Crippen molar-refractivity contribution in [3.63, 3.8) is 0 Å². The molecule has 214 valence electrons. The molecule has 0 radical (unpaired) electrons. The van der Waals surface area contributed by atoms with E-state index in [4.69, 9.17) is 46.4 Å². The van der Waals surface area contributed by atoms with Gasteiger partial charge in [0.2, 0.25) is 21.8 Å². The van der Waals surface area contributed by atoms with Crippen LogP contribution in [0.25, 0.3) is 0 Å². The van der Waals surface area contributed by atoms with E-state index in [1.807, 2.05) is 44.2 Å². The van der Waals surface area contributed by atoms with Crippen LogP contribution in [0.4, 0.5) is 5.69 Å². The van der Waals surface area contributed by atoms with Crippen LogP contribution in [-0.4, -0.2) is 50.0 Å². The molecule has 0 aromatic heterocycles. The van der Waals surface area contributed by atoms with Gasteiger partial charge < -0.3 is 10.2 Å². The van der Waals surface area contributed by atoms with E-state index in [1.54, 1.807) is 12.1 Å². The van der Waals surface area contributed by atoms with Gasteiger partial charge in [0.25, 0.3) is 0 Å². The minimum Gasteiger partial charge on any atom is -0.352 e. The number of benzene rings is 3. The molecule has 0 saturated carbocycles. The number of halogens is 4. The van der Waals surface area contributed by atoms with Crippen molar-refractivity contribution in [1.82, 2.24) is 10.2 Å². The number of carbonyl (C=O) groups is 2. The highest BCUT2D eigenvalue weighted by Crippen LogP contribution is 2.31. The van der Waals surface area contributed by atoms with Crippen LogP contribution in [0, 0.1) is 0 Å². The quantitative estimate of drug-likeness (QED) is 0.268. The van der Waals surface area contributed by atoms with Crippen molar-refractivity contribution in [3.05, 3.63) is 97.9 Å². The zero-order valence-electron chi connectivity index (χ0n) is 22.1. The standard InChI is InChI=1S/C28H29Cl4N3O4S/c1-18(2)33-28(37)26(13-19-7-5-4-6-8-19)34(16-20-9-10-21(29)14-23(20)31)27(36)17-35(40(3,38)39)25-12-11-22(30)15-24(25)32/h4-12,14-15,18,26H,13,16-17H2,1-3H3,(H,33,37)/t26-/m0/s1. The summed E-state index contributed by atoms with van der Waals surface area (Å²) >= 11 is 24.9. The molecule has 0 aliphatic carbocycles. The fourth-order valence-corrected chi connectivity index (χ4v) is 5.94. The lowest BCUT2D eigenvalue weighted by molar-refractivity contribution is -0.140. The fraction of sp³-hybridized carbons (Fsp3) is 0.286. The Bertz CT molecular complexity index is 1470. The molecule has 1 atom stereocenters. The van der Waals surface area contributed by atoms with Crippen LogP contribution < -0.4 is 9.62 Å². The molecule has 0 bridgehead atoms. The fourth-order valence-electron chi connectivity index (χ4n) is 4.05. The largest absolute Gasteiger partial charge is 0.352 e. The maximum Gasteiger partial charge on any atom is 0.244 e. The Morgan fingerprint density at radius 3 is 2.02 bits per heavy atom. The first-order valence-electron chi connectivity index (χ1n) is 12.3. The summed E-state index contributed by atoms with van der Waals surface area (Å²) in [6.07, 6.45) is 1.15. The monoisotopic (exact) mass is 643 g/mol. The third-order valence-electron chi connectivity index (χ3n) is 5.92. The molecule has 0 saturated heterocycles. The molecule has 0 aliphatic rings. The van der Waals surface area contributed by atoms with Gasteiger partial charge in [0.15, 0.2) is 0 Å². The van der Waals surface area contributed by atoms with Crippen molar-refractivity contribution in [2.75, 3.05) is 17.1 Å². The second-order valence-electron chi connectivity index (χ2n) is 9.49. The van der Waals surface area contributed by atoms with Crippen molar-refractivity contribution in [2.24, 2.45) is 0 Å². The van der Waals surface area contributed by atoms with E-state index in [2.05, 4.69) is 5.32 Å². The summed E-state index contributed by atoms with van der Waals surface area (Å²) < 4.78 is 26.6. The molecule has 0 fully saturated rings. The van der Waals surface area contributed by atoms with Crippen molar-refractivity contribution in [1.29, 1.82) is 0 Å². The van der Waals surface area contributed by atoms with Crippen LogP contribution in [0.3, 0.4) is 0 Å². The Kier molecular flexibility index (Phi) is 11.1. The molecule has 12 heteroatoms. The molecule has 1 N–H and O–H groups in total. The highest BCUT2D eigenvalue weighted by Gasteiger charge is 2.34. The van der Waals surface area contributed by atoms with Gasteiger partial charge in [-0.2, -0.15) is 0 Å². The van der Waals surface area contributed by atoms with Gasteiger partial charge in [-0.1, -0.05) is 82.8 Å². The van der Waals surface area contributed by atoms with E-state index in [9.17, 15) is 18.0 Å². The minimum absolute atomic E-state index is 0.0522. The number of amides is 2. The zero-order valence-corrected chi connectivity index (χ0v) is 25.9. The van der Waals surface area contributed by atoms with Crippen LogP contribution in [0.15, 0.2) is 66.7 Å². The van der Waals surface area contributed by atoms with E-state index in [1.165, 1.54) is 29.2 Å². The van der Waals surface area contributed by atoms with Gasteiger partial charge in [0, 0.05) is 34.1 Å². The maximum atomic E-state index is 14.1. The lowest BCUT2D eigenvalue weighted by Crippen LogP contribution is -2.54. The zero-order chi connectivity index (χ0) is 29.6. The predicted molar refractivity (Wildman–Crippen MR) is 163 cm³/mol. The smallest absolute Gasteiger partial charge is 0.244 e. The number of nitrogens with zero attached hydrogens (tertiary/aromatic N) is 2. The van der Waals surface area contributed by atoms with E-state index < -0.39 is 34.4 Å². The topological polar surface area (TPSA) is 86.8 Å². The second kappa shape index (κ2) is 13.9.